The summed E-state index contributed by atoms with van der Waals surface area (Å²) in [4.78, 5) is 25.3. The fourth-order valence-corrected chi connectivity index (χ4v) is 3.41. The maximum absolute atomic E-state index is 13.5. The normalized spacial score (nSPS) is 10.5. The molecule has 4 rings (SSSR count). The highest BCUT2D eigenvalue weighted by atomic mass is 35.5. The molecule has 0 spiro atoms. The van der Waals surface area contributed by atoms with Crippen LogP contribution in [-0.2, 0) is 4.74 Å². The van der Waals surface area contributed by atoms with Gasteiger partial charge in [-0.3, -0.25) is 4.98 Å². The van der Waals surface area contributed by atoms with Crippen LogP contribution in [0.1, 0.15) is 22.8 Å². The van der Waals surface area contributed by atoms with Crippen molar-refractivity contribution in [1.82, 2.24) is 15.0 Å². The Labute approximate surface area is 205 Å². The lowest BCUT2D eigenvalue weighted by Crippen LogP contribution is -2.07. The molecule has 0 bridgehead atoms. The van der Waals surface area contributed by atoms with Crippen LogP contribution < -0.4 is 10.6 Å². The number of ether oxygens (including phenoxy) is 1. The van der Waals surface area contributed by atoms with E-state index in [9.17, 15) is 9.18 Å². The molecule has 0 aliphatic rings. The van der Waals surface area contributed by atoms with Crippen LogP contribution in [-0.4, -0.2) is 33.7 Å². The van der Waals surface area contributed by atoms with Crippen molar-refractivity contribution in [1.29, 1.82) is 5.41 Å². The molecule has 2 aromatic carbocycles. The van der Waals surface area contributed by atoms with Gasteiger partial charge in [-0.05, 0) is 37.3 Å². The first-order valence-corrected chi connectivity index (χ1v) is 10.9. The van der Waals surface area contributed by atoms with Gasteiger partial charge in [-0.2, -0.15) is 4.98 Å². The van der Waals surface area contributed by atoms with Gasteiger partial charge in [0.05, 0.1) is 17.2 Å². The third-order valence-electron chi connectivity index (χ3n) is 4.89. The SMILES string of the molecule is CCOC(=O)c1cncc(-c2cnc(Nc3ccc(F)c(Cl)c3)nc2Nc2ccccc2C=N)c1. The van der Waals surface area contributed by atoms with Crippen molar-refractivity contribution in [3.63, 3.8) is 0 Å². The molecule has 0 radical (unpaired) electrons. The zero-order chi connectivity index (χ0) is 24.8. The lowest BCUT2D eigenvalue weighted by Gasteiger charge is -2.15. The number of rotatable bonds is 8. The molecule has 0 aliphatic carbocycles. The molecule has 10 heteroatoms. The predicted octanol–water partition coefficient (Wildman–Crippen LogP) is 5.99. The Balaban J connectivity index is 1.76. The first kappa shape index (κ1) is 23.8. The molecule has 8 nitrogen and oxygen atoms in total. The van der Waals surface area contributed by atoms with Gasteiger partial charge in [-0.1, -0.05) is 29.8 Å². The highest BCUT2D eigenvalue weighted by Crippen LogP contribution is 2.31. The second-order valence-electron chi connectivity index (χ2n) is 7.25. The van der Waals surface area contributed by atoms with Gasteiger partial charge in [0.2, 0.25) is 5.95 Å². The van der Waals surface area contributed by atoms with E-state index in [1.165, 1.54) is 30.6 Å². The van der Waals surface area contributed by atoms with E-state index in [0.717, 1.165) is 0 Å². The van der Waals surface area contributed by atoms with E-state index in [0.29, 0.717) is 39.4 Å². The third kappa shape index (κ3) is 5.59. The number of nitrogens with zero attached hydrogens (tertiary/aromatic N) is 3. The summed E-state index contributed by atoms with van der Waals surface area (Å²) in [5.74, 6) is -0.403. The van der Waals surface area contributed by atoms with E-state index < -0.39 is 11.8 Å². The van der Waals surface area contributed by atoms with Crippen LogP contribution in [0.5, 0.6) is 0 Å². The Morgan fingerprint density at radius 2 is 1.97 bits per heavy atom. The summed E-state index contributed by atoms with van der Waals surface area (Å²) < 4.78 is 18.6. The summed E-state index contributed by atoms with van der Waals surface area (Å²) in [7, 11) is 0. The number of pyridine rings is 1. The summed E-state index contributed by atoms with van der Waals surface area (Å²) >= 11 is 5.89. The molecular formula is C25H20ClFN6O2. The molecule has 0 saturated heterocycles. The minimum Gasteiger partial charge on any atom is -0.462 e. The zero-order valence-corrected chi connectivity index (χ0v) is 19.3. The van der Waals surface area contributed by atoms with Gasteiger partial charge in [0.1, 0.15) is 11.6 Å². The summed E-state index contributed by atoms with van der Waals surface area (Å²) in [5.41, 5.74) is 3.23. The minimum atomic E-state index is -0.534. The molecule has 0 saturated carbocycles. The van der Waals surface area contributed by atoms with Crippen LogP contribution in [0.15, 0.2) is 67.1 Å². The van der Waals surface area contributed by atoms with E-state index in [1.54, 1.807) is 31.5 Å². The molecule has 2 aromatic heterocycles. The quantitative estimate of drug-likeness (QED) is 0.205. The maximum atomic E-state index is 13.5. The number of nitrogens with one attached hydrogen (secondary N) is 3. The van der Waals surface area contributed by atoms with Crippen LogP contribution in [0.3, 0.4) is 0 Å². The molecule has 0 aliphatic heterocycles. The Morgan fingerprint density at radius 3 is 2.74 bits per heavy atom. The molecule has 35 heavy (non-hydrogen) atoms. The van der Waals surface area contributed by atoms with Gasteiger partial charge >= 0.3 is 5.97 Å². The maximum Gasteiger partial charge on any atom is 0.339 e. The molecular weight excluding hydrogens is 471 g/mol. The van der Waals surface area contributed by atoms with Crippen molar-refractivity contribution in [2.45, 2.75) is 6.92 Å². The van der Waals surface area contributed by atoms with Gasteiger partial charge in [-0.15, -0.1) is 0 Å². The van der Waals surface area contributed by atoms with Crippen LogP contribution in [0.4, 0.5) is 27.5 Å². The average molecular weight is 491 g/mol. The molecule has 0 amide bonds. The lowest BCUT2D eigenvalue weighted by molar-refractivity contribution is 0.0526. The number of esters is 1. The highest BCUT2D eigenvalue weighted by Gasteiger charge is 2.15. The van der Waals surface area contributed by atoms with E-state index in [-0.39, 0.29) is 17.6 Å². The van der Waals surface area contributed by atoms with Crippen molar-refractivity contribution in [3.05, 3.63) is 89.1 Å². The number of carbonyl (C=O) groups is 1. The average Bonchev–Trinajstić information content (AvgIpc) is 2.87. The summed E-state index contributed by atoms with van der Waals surface area (Å²) in [6.07, 6.45) is 5.81. The monoisotopic (exact) mass is 490 g/mol. The van der Waals surface area contributed by atoms with Crippen molar-refractivity contribution in [2.24, 2.45) is 0 Å². The first-order valence-electron chi connectivity index (χ1n) is 10.6. The summed E-state index contributed by atoms with van der Waals surface area (Å²) in [6.45, 7) is 1.97. The number of anilines is 4. The van der Waals surface area contributed by atoms with Gasteiger partial charge in [0.15, 0.2) is 0 Å². The van der Waals surface area contributed by atoms with Crippen molar-refractivity contribution in [3.8, 4) is 11.1 Å². The molecule has 0 atom stereocenters. The van der Waals surface area contributed by atoms with E-state index in [2.05, 4.69) is 25.6 Å². The van der Waals surface area contributed by atoms with Crippen molar-refractivity contribution >= 4 is 46.9 Å². The summed E-state index contributed by atoms with van der Waals surface area (Å²) in [5, 5.41) is 13.9. The molecule has 3 N–H and O–H groups in total. The van der Waals surface area contributed by atoms with Crippen LogP contribution in [0.25, 0.3) is 11.1 Å². The third-order valence-corrected chi connectivity index (χ3v) is 5.18. The van der Waals surface area contributed by atoms with Gasteiger partial charge in [0.25, 0.3) is 0 Å². The van der Waals surface area contributed by atoms with Crippen LogP contribution in [0.2, 0.25) is 5.02 Å². The van der Waals surface area contributed by atoms with Crippen molar-refractivity contribution < 1.29 is 13.9 Å². The fourth-order valence-electron chi connectivity index (χ4n) is 3.23. The smallest absolute Gasteiger partial charge is 0.339 e. The van der Waals surface area contributed by atoms with Gasteiger partial charge < -0.3 is 20.8 Å². The van der Waals surface area contributed by atoms with E-state index in [4.69, 9.17) is 21.7 Å². The first-order chi connectivity index (χ1) is 17.0. The van der Waals surface area contributed by atoms with Crippen LogP contribution >= 0.6 is 11.6 Å². The highest BCUT2D eigenvalue weighted by molar-refractivity contribution is 6.31. The fraction of sp³-hybridized carbons (Fsp3) is 0.0800. The number of hydrogen-bond acceptors (Lipinski definition) is 8. The second-order valence-corrected chi connectivity index (χ2v) is 7.66. The number of benzene rings is 2. The molecule has 4 aromatic rings. The standard InChI is InChI=1S/C25H20ClFN6O2/c1-2-35-24(34)17-9-16(12-29-13-17)19-14-30-25(31-18-7-8-21(27)20(26)10-18)33-23(19)32-22-6-4-3-5-15(22)11-28/h3-14,28H,2H2,1H3,(H2,30,31,32,33). The Morgan fingerprint density at radius 1 is 1.14 bits per heavy atom. The molecule has 0 fully saturated rings. The Kier molecular flexibility index (Phi) is 7.27. The molecule has 176 valence electrons. The zero-order valence-electron chi connectivity index (χ0n) is 18.5. The molecule has 0 unspecified atom stereocenters. The number of hydrogen-bond donors (Lipinski definition) is 3. The lowest BCUT2D eigenvalue weighted by atomic mass is 10.1. The number of carbonyl (C=O) groups excluding carboxylic acids is 1. The predicted molar refractivity (Wildman–Crippen MR) is 134 cm³/mol. The summed E-state index contributed by atoms with van der Waals surface area (Å²) in [6, 6.07) is 13.1. The topological polar surface area (TPSA) is 113 Å². The Bertz CT molecular complexity index is 1400. The molecule has 2 heterocycles. The number of halogens is 2. The van der Waals surface area contributed by atoms with Gasteiger partial charge in [0, 0.05) is 52.9 Å². The van der Waals surface area contributed by atoms with Crippen LogP contribution in [0, 0.1) is 11.2 Å². The number of para-hydroxylation sites is 1. The largest absolute Gasteiger partial charge is 0.462 e. The van der Waals surface area contributed by atoms with E-state index in [1.807, 2.05) is 18.2 Å². The second kappa shape index (κ2) is 10.7. The van der Waals surface area contributed by atoms with E-state index >= 15 is 0 Å². The number of aromatic nitrogens is 3. The van der Waals surface area contributed by atoms with Crippen molar-refractivity contribution in [2.75, 3.05) is 17.2 Å². The minimum absolute atomic E-state index is 0.0354. The van der Waals surface area contributed by atoms with Gasteiger partial charge in [-0.25, -0.2) is 14.2 Å². The Hall–Kier alpha value is -4.37.